The second kappa shape index (κ2) is 3.99. The summed E-state index contributed by atoms with van der Waals surface area (Å²) in [5, 5.41) is 0. The van der Waals surface area contributed by atoms with Gasteiger partial charge in [-0.15, -0.1) is 0 Å². The van der Waals surface area contributed by atoms with Crippen LogP contribution >= 0.6 is 0 Å². The predicted octanol–water partition coefficient (Wildman–Crippen LogP) is 1.42. The number of pyridine rings is 1. The zero-order valence-corrected chi connectivity index (χ0v) is 7.33. The summed E-state index contributed by atoms with van der Waals surface area (Å²) in [6.07, 6.45) is -1.36. The lowest BCUT2D eigenvalue weighted by Crippen LogP contribution is -2.04. The standard InChI is InChI=1S/C8H8F2N2O2/c1-14-7-5(11)4(3-13)2-12-6(7)8(9)10/h2-3,8H,1H3,(H2,11,12). The van der Waals surface area contributed by atoms with Gasteiger partial charge < -0.3 is 10.5 Å². The molecule has 2 N–H and O–H groups in total. The van der Waals surface area contributed by atoms with Crippen molar-refractivity contribution in [1.82, 2.24) is 4.98 Å². The van der Waals surface area contributed by atoms with Crippen LogP contribution in [0.4, 0.5) is 14.5 Å². The third kappa shape index (κ3) is 1.63. The van der Waals surface area contributed by atoms with Gasteiger partial charge in [0.05, 0.1) is 18.4 Å². The summed E-state index contributed by atoms with van der Waals surface area (Å²) in [6, 6.07) is 0. The van der Waals surface area contributed by atoms with E-state index in [1.165, 1.54) is 7.11 Å². The van der Waals surface area contributed by atoms with Crippen LogP contribution in [-0.2, 0) is 0 Å². The first-order chi connectivity index (χ1) is 6.61. The lowest BCUT2D eigenvalue weighted by atomic mass is 10.2. The van der Waals surface area contributed by atoms with Crippen molar-refractivity contribution in [3.05, 3.63) is 17.5 Å². The number of alkyl halides is 2. The van der Waals surface area contributed by atoms with E-state index >= 15 is 0 Å². The van der Waals surface area contributed by atoms with Gasteiger partial charge in [0.25, 0.3) is 6.43 Å². The molecule has 1 rings (SSSR count). The van der Waals surface area contributed by atoms with Crippen LogP contribution < -0.4 is 10.5 Å². The van der Waals surface area contributed by atoms with E-state index in [0.717, 1.165) is 6.20 Å². The topological polar surface area (TPSA) is 65.2 Å². The second-order valence-corrected chi connectivity index (χ2v) is 2.46. The van der Waals surface area contributed by atoms with Gasteiger partial charge in [-0.2, -0.15) is 0 Å². The quantitative estimate of drug-likeness (QED) is 0.753. The minimum atomic E-state index is -2.78. The molecule has 0 amide bonds. The highest BCUT2D eigenvalue weighted by Gasteiger charge is 2.19. The van der Waals surface area contributed by atoms with Gasteiger partial charge in [0.2, 0.25) is 0 Å². The Bertz CT molecular complexity index is 355. The van der Waals surface area contributed by atoms with Gasteiger partial charge in [-0.3, -0.25) is 9.78 Å². The number of hydrogen-bond donors (Lipinski definition) is 1. The van der Waals surface area contributed by atoms with E-state index in [4.69, 9.17) is 5.73 Å². The number of nitrogens with two attached hydrogens (primary N) is 1. The molecule has 0 bridgehead atoms. The molecule has 0 aliphatic rings. The van der Waals surface area contributed by atoms with Gasteiger partial charge in [-0.1, -0.05) is 0 Å². The number of ether oxygens (including phenoxy) is 1. The average molecular weight is 202 g/mol. The van der Waals surface area contributed by atoms with Crippen molar-refractivity contribution >= 4 is 12.0 Å². The number of carbonyl (C=O) groups is 1. The summed E-state index contributed by atoms with van der Waals surface area (Å²) >= 11 is 0. The molecular formula is C8H8F2N2O2. The smallest absolute Gasteiger partial charge is 0.284 e. The van der Waals surface area contributed by atoms with Crippen LogP contribution in [0.1, 0.15) is 22.5 Å². The van der Waals surface area contributed by atoms with Gasteiger partial charge in [0.1, 0.15) is 0 Å². The highest BCUT2D eigenvalue weighted by atomic mass is 19.3. The number of nitrogens with zero attached hydrogens (tertiary/aromatic N) is 1. The SMILES string of the molecule is COc1c(C(F)F)ncc(C=O)c1N. The summed E-state index contributed by atoms with van der Waals surface area (Å²) in [6.45, 7) is 0. The fourth-order valence-electron chi connectivity index (χ4n) is 1.00. The minimum Gasteiger partial charge on any atom is -0.492 e. The third-order valence-electron chi connectivity index (χ3n) is 1.67. The fraction of sp³-hybridized carbons (Fsp3) is 0.250. The zero-order valence-electron chi connectivity index (χ0n) is 7.33. The maximum absolute atomic E-state index is 12.3. The van der Waals surface area contributed by atoms with Crippen LogP contribution in [-0.4, -0.2) is 18.4 Å². The van der Waals surface area contributed by atoms with Gasteiger partial charge in [-0.05, 0) is 0 Å². The monoisotopic (exact) mass is 202 g/mol. The van der Waals surface area contributed by atoms with Crippen molar-refractivity contribution in [3.8, 4) is 5.75 Å². The minimum absolute atomic E-state index is 0.0336. The molecule has 1 aromatic rings. The molecule has 0 unspecified atom stereocenters. The highest BCUT2D eigenvalue weighted by molar-refractivity contribution is 5.85. The number of rotatable bonds is 3. The molecule has 14 heavy (non-hydrogen) atoms. The van der Waals surface area contributed by atoms with Crippen molar-refractivity contribution in [2.45, 2.75) is 6.43 Å². The molecular weight excluding hydrogens is 194 g/mol. The summed E-state index contributed by atoms with van der Waals surface area (Å²) < 4.78 is 29.3. The summed E-state index contributed by atoms with van der Waals surface area (Å²) in [5.74, 6) is -0.246. The molecule has 1 heterocycles. The number of anilines is 1. The molecule has 0 atom stereocenters. The largest absolute Gasteiger partial charge is 0.492 e. The first-order valence-electron chi connectivity index (χ1n) is 3.67. The lowest BCUT2D eigenvalue weighted by molar-refractivity contribution is 0.112. The molecule has 0 aromatic carbocycles. The summed E-state index contributed by atoms with van der Waals surface area (Å²) in [4.78, 5) is 13.8. The van der Waals surface area contributed by atoms with Crippen LogP contribution in [0.3, 0.4) is 0 Å². The maximum Gasteiger partial charge on any atom is 0.284 e. The van der Waals surface area contributed by atoms with Gasteiger partial charge in [-0.25, -0.2) is 8.78 Å². The Balaban J connectivity index is 3.35. The van der Waals surface area contributed by atoms with Crippen LogP contribution in [0.5, 0.6) is 5.75 Å². The van der Waals surface area contributed by atoms with Crippen molar-refractivity contribution < 1.29 is 18.3 Å². The first-order valence-corrected chi connectivity index (χ1v) is 3.67. The van der Waals surface area contributed by atoms with Gasteiger partial charge in [0.15, 0.2) is 17.7 Å². The Morgan fingerprint density at radius 2 is 2.29 bits per heavy atom. The van der Waals surface area contributed by atoms with Crippen LogP contribution in [0.2, 0.25) is 0 Å². The van der Waals surface area contributed by atoms with Crippen LogP contribution in [0, 0.1) is 0 Å². The number of methoxy groups -OCH3 is 1. The maximum atomic E-state index is 12.3. The van der Waals surface area contributed by atoms with E-state index in [1.807, 2.05) is 0 Å². The molecule has 0 radical (unpaired) electrons. The number of aromatic nitrogens is 1. The Morgan fingerprint density at radius 1 is 1.64 bits per heavy atom. The number of carbonyl (C=O) groups excluding carboxylic acids is 1. The summed E-state index contributed by atoms with van der Waals surface area (Å²) in [7, 11) is 1.19. The van der Waals surface area contributed by atoms with E-state index < -0.39 is 12.1 Å². The highest BCUT2D eigenvalue weighted by Crippen LogP contribution is 2.33. The van der Waals surface area contributed by atoms with Gasteiger partial charge >= 0.3 is 0 Å². The fourth-order valence-corrected chi connectivity index (χ4v) is 1.00. The molecule has 4 nitrogen and oxygen atoms in total. The van der Waals surface area contributed by atoms with E-state index in [-0.39, 0.29) is 17.0 Å². The van der Waals surface area contributed by atoms with E-state index in [9.17, 15) is 13.6 Å². The Kier molecular flexibility index (Phi) is 2.95. The molecule has 0 aliphatic heterocycles. The first kappa shape index (κ1) is 10.4. The number of nitrogen functional groups attached to an aromatic ring is 1. The molecule has 0 spiro atoms. The molecule has 0 saturated carbocycles. The second-order valence-electron chi connectivity index (χ2n) is 2.46. The molecule has 76 valence electrons. The molecule has 1 aromatic heterocycles. The Morgan fingerprint density at radius 3 is 2.71 bits per heavy atom. The van der Waals surface area contributed by atoms with Crippen LogP contribution in [0.15, 0.2) is 6.20 Å². The number of aldehydes is 1. The molecule has 0 saturated heterocycles. The van der Waals surface area contributed by atoms with Crippen LogP contribution in [0.25, 0.3) is 0 Å². The van der Waals surface area contributed by atoms with Crippen molar-refractivity contribution in [3.63, 3.8) is 0 Å². The Labute approximate surface area is 78.7 Å². The summed E-state index contributed by atoms with van der Waals surface area (Å²) in [5.41, 5.74) is 4.77. The van der Waals surface area contributed by atoms with Crippen molar-refractivity contribution in [2.75, 3.05) is 12.8 Å². The third-order valence-corrected chi connectivity index (χ3v) is 1.67. The van der Waals surface area contributed by atoms with E-state index in [0.29, 0.717) is 6.29 Å². The Hall–Kier alpha value is -1.72. The molecule has 0 aliphatic carbocycles. The predicted molar refractivity (Wildman–Crippen MR) is 45.5 cm³/mol. The molecule has 6 heteroatoms. The molecule has 0 fully saturated rings. The zero-order chi connectivity index (χ0) is 10.7. The van der Waals surface area contributed by atoms with Crippen molar-refractivity contribution in [1.29, 1.82) is 0 Å². The normalized spacial score (nSPS) is 10.3. The number of hydrogen-bond acceptors (Lipinski definition) is 4. The van der Waals surface area contributed by atoms with E-state index in [1.54, 1.807) is 0 Å². The van der Waals surface area contributed by atoms with Gasteiger partial charge in [0, 0.05) is 6.20 Å². The van der Waals surface area contributed by atoms with Crippen molar-refractivity contribution in [2.24, 2.45) is 0 Å². The van der Waals surface area contributed by atoms with E-state index in [2.05, 4.69) is 9.72 Å². The number of halogens is 2. The lowest BCUT2D eigenvalue weighted by Gasteiger charge is -2.10. The average Bonchev–Trinajstić information content (AvgIpc) is 2.17.